The molecule has 0 saturated carbocycles. The highest BCUT2D eigenvalue weighted by molar-refractivity contribution is 9.10. The van der Waals surface area contributed by atoms with Gasteiger partial charge in [0.15, 0.2) is 13.2 Å². The number of primary amides is 1. The van der Waals surface area contributed by atoms with Gasteiger partial charge in [-0.15, -0.1) is 0 Å². The standard InChI is InChI=1S/C17H15BrN2O5/c18-11-5-7-12(8-6-11)20-16(22)10-24-14-4-2-1-3-13(14)17(23)25-9-15(19)21/h1-8H,9-10H2,(H2,19,21)(H,20,22). The number of anilines is 1. The SMILES string of the molecule is NC(=O)COC(=O)c1ccccc1OCC(=O)Nc1ccc(Br)cc1. The molecule has 0 bridgehead atoms. The van der Waals surface area contributed by atoms with E-state index in [0.717, 1.165) is 4.47 Å². The molecule has 0 radical (unpaired) electrons. The van der Waals surface area contributed by atoms with E-state index >= 15 is 0 Å². The van der Waals surface area contributed by atoms with Crippen LogP contribution in [0.5, 0.6) is 5.75 Å². The summed E-state index contributed by atoms with van der Waals surface area (Å²) < 4.78 is 11.0. The molecule has 2 aromatic rings. The number of carbonyl (C=O) groups is 3. The largest absolute Gasteiger partial charge is 0.483 e. The first-order valence-electron chi connectivity index (χ1n) is 7.18. The zero-order valence-electron chi connectivity index (χ0n) is 13.0. The molecule has 2 aromatic carbocycles. The van der Waals surface area contributed by atoms with Crippen LogP contribution in [0.3, 0.4) is 0 Å². The highest BCUT2D eigenvalue weighted by Gasteiger charge is 2.15. The van der Waals surface area contributed by atoms with Gasteiger partial charge < -0.3 is 20.5 Å². The van der Waals surface area contributed by atoms with Crippen molar-refractivity contribution >= 4 is 39.4 Å². The predicted octanol–water partition coefficient (Wildman–Crippen LogP) is 2.11. The molecule has 0 fully saturated rings. The van der Waals surface area contributed by atoms with Crippen molar-refractivity contribution in [2.75, 3.05) is 18.5 Å². The van der Waals surface area contributed by atoms with Crippen molar-refractivity contribution in [3.63, 3.8) is 0 Å². The van der Waals surface area contributed by atoms with Crippen LogP contribution >= 0.6 is 15.9 Å². The molecule has 0 aromatic heterocycles. The van der Waals surface area contributed by atoms with Gasteiger partial charge in [0.1, 0.15) is 11.3 Å². The number of esters is 1. The lowest BCUT2D eigenvalue weighted by Gasteiger charge is -2.11. The quantitative estimate of drug-likeness (QED) is 0.684. The maximum absolute atomic E-state index is 11.9. The Morgan fingerprint density at radius 3 is 2.36 bits per heavy atom. The summed E-state index contributed by atoms with van der Waals surface area (Å²) >= 11 is 3.31. The second-order valence-electron chi connectivity index (χ2n) is 4.88. The first-order chi connectivity index (χ1) is 12.0. The molecule has 2 rings (SSSR count). The van der Waals surface area contributed by atoms with Gasteiger partial charge in [-0.05, 0) is 36.4 Å². The van der Waals surface area contributed by atoms with Gasteiger partial charge in [-0.3, -0.25) is 9.59 Å². The predicted molar refractivity (Wildman–Crippen MR) is 94.2 cm³/mol. The number of amides is 2. The molecule has 0 saturated heterocycles. The van der Waals surface area contributed by atoms with Gasteiger partial charge in [0.05, 0.1) is 0 Å². The number of rotatable bonds is 7. The fourth-order valence-corrected chi connectivity index (χ4v) is 2.11. The Bertz CT molecular complexity index is 777. The Morgan fingerprint density at radius 1 is 1.00 bits per heavy atom. The molecule has 8 heteroatoms. The maximum Gasteiger partial charge on any atom is 0.342 e. The van der Waals surface area contributed by atoms with Crippen molar-refractivity contribution in [1.82, 2.24) is 0 Å². The van der Waals surface area contributed by atoms with Crippen molar-refractivity contribution in [3.05, 3.63) is 58.6 Å². The highest BCUT2D eigenvalue weighted by atomic mass is 79.9. The van der Waals surface area contributed by atoms with E-state index in [2.05, 4.69) is 21.2 Å². The third kappa shape index (κ3) is 5.92. The highest BCUT2D eigenvalue weighted by Crippen LogP contribution is 2.19. The topological polar surface area (TPSA) is 108 Å². The monoisotopic (exact) mass is 406 g/mol. The molecular weight excluding hydrogens is 392 g/mol. The number of hydrogen-bond acceptors (Lipinski definition) is 5. The molecule has 2 amide bonds. The zero-order chi connectivity index (χ0) is 18.2. The summed E-state index contributed by atoms with van der Waals surface area (Å²) in [5, 5.41) is 2.67. The Morgan fingerprint density at radius 2 is 1.68 bits per heavy atom. The van der Waals surface area contributed by atoms with Gasteiger partial charge in [-0.2, -0.15) is 0 Å². The van der Waals surface area contributed by atoms with Crippen molar-refractivity contribution in [1.29, 1.82) is 0 Å². The summed E-state index contributed by atoms with van der Waals surface area (Å²) in [7, 11) is 0. The third-order valence-corrected chi connectivity index (χ3v) is 3.47. The van der Waals surface area contributed by atoms with E-state index in [-0.39, 0.29) is 23.8 Å². The van der Waals surface area contributed by atoms with Crippen LogP contribution in [0.4, 0.5) is 5.69 Å². The maximum atomic E-state index is 11.9. The number of nitrogens with one attached hydrogen (secondary N) is 1. The molecule has 0 unspecified atom stereocenters. The van der Waals surface area contributed by atoms with Crippen molar-refractivity contribution in [2.24, 2.45) is 5.73 Å². The zero-order valence-corrected chi connectivity index (χ0v) is 14.6. The van der Waals surface area contributed by atoms with E-state index in [0.29, 0.717) is 5.69 Å². The van der Waals surface area contributed by atoms with E-state index in [9.17, 15) is 14.4 Å². The number of carbonyl (C=O) groups excluding carboxylic acids is 3. The van der Waals surface area contributed by atoms with Gasteiger partial charge in [-0.25, -0.2) is 4.79 Å². The number of para-hydroxylation sites is 1. The lowest BCUT2D eigenvalue weighted by atomic mass is 10.2. The third-order valence-electron chi connectivity index (χ3n) is 2.94. The van der Waals surface area contributed by atoms with Gasteiger partial charge in [-0.1, -0.05) is 28.1 Å². The molecule has 0 atom stereocenters. The van der Waals surface area contributed by atoms with E-state index in [1.165, 1.54) is 12.1 Å². The smallest absolute Gasteiger partial charge is 0.342 e. The van der Waals surface area contributed by atoms with Crippen molar-refractivity contribution < 1.29 is 23.9 Å². The molecule has 3 N–H and O–H groups in total. The molecule has 0 aliphatic heterocycles. The van der Waals surface area contributed by atoms with Crippen LogP contribution in [0.15, 0.2) is 53.0 Å². The van der Waals surface area contributed by atoms with Gasteiger partial charge in [0, 0.05) is 10.2 Å². The number of nitrogens with two attached hydrogens (primary N) is 1. The van der Waals surface area contributed by atoms with Crippen LogP contribution < -0.4 is 15.8 Å². The van der Waals surface area contributed by atoms with Crippen LogP contribution in [0.2, 0.25) is 0 Å². The summed E-state index contributed by atoms with van der Waals surface area (Å²) in [5.74, 6) is -1.74. The van der Waals surface area contributed by atoms with Gasteiger partial charge in [0.2, 0.25) is 0 Å². The minimum absolute atomic E-state index is 0.0974. The molecule has 25 heavy (non-hydrogen) atoms. The number of ether oxygens (including phenoxy) is 2. The van der Waals surface area contributed by atoms with Crippen molar-refractivity contribution in [3.8, 4) is 5.75 Å². The van der Waals surface area contributed by atoms with E-state index < -0.39 is 18.5 Å². The van der Waals surface area contributed by atoms with Crippen molar-refractivity contribution in [2.45, 2.75) is 0 Å². The summed E-state index contributed by atoms with van der Waals surface area (Å²) in [6, 6.07) is 13.3. The average molecular weight is 407 g/mol. The summed E-state index contributed by atoms with van der Waals surface area (Å²) in [6.07, 6.45) is 0. The minimum Gasteiger partial charge on any atom is -0.483 e. The lowest BCUT2D eigenvalue weighted by molar-refractivity contribution is -0.121. The van der Waals surface area contributed by atoms with Crippen LogP contribution in [0, 0.1) is 0 Å². The second kappa shape index (κ2) is 8.84. The van der Waals surface area contributed by atoms with Crippen LogP contribution in [-0.4, -0.2) is 31.0 Å². The number of benzene rings is 2. The minimum atomic E-state index is -0.763. The fraction of sp³-hybridized carbons (Fsp3) is 0.118. The van der Waals surface area contributed by atoms with E-state index in [1.807, 2.05) is 0 Å². The van der Waals surface area contributed by atoms with Crippen LogP contribution in [0.1, 0.15) is 10.4 Å². The Balaban J connectivity index is 1.95. The van der Waals surface area contributed by atoms with E-state index in [1.54, 1.807) is 36.4 Å². The summed E-state index contributed by atoms with van der Waals surface area (Å²) in [6.45, 7) is -0.826. The van der Waals surface area contributed by atoms with Crippen LogP contribution in [0.25, 0.3) is 0 Å². The molecule has 0 aliphatic carbocycles. The molecule has 130 valence electrons. The molecule has 0 spiro atoms. The molecular formula is C17H15BrN2O5. The normalized spacial score (nSPS) is 9.96. The second-order valence-corrected chi connectivity index (χ2v) is 5.80. The first-order valence-corrected chi connectivity index (χ1v) is 7.97. The average Bonchev–Trinajstić information content (AvgIpc) is 2.60. The Hall–Kier alpha value is -2.87. The fourth-order valence-electron chi connectivity index (χ4n) is 1.85. The van der Waals surface area contributed by atoms with Crippen LogP contribution in [-0.2, 0) is 14.3 Å². The molecule has 0 aliphatic rings. The Labute approximate surface area is 152 Å². The molecule has 7 nitrogen and oxygen atoms in total. The Kier molecular flexibility index (Phi) is 6.53. The lowest BCUT2D eigenvalue weighted by Crippen LogP contribution is -2.22. The summed E-state index contributed by atoms with van der Waals surface area (Å²) in [5.41, 5.74) is 5.65. The van der Waals surface area contributed by atoms with Gasteiger partial charge in [0.25, 0.3) is 11.8 Å². The number of hydrogen-bond donors (Lipinski definition) is 2. The summed E-state index contributed by atoms with van der Waals surface area (Å²) in [4.78, 5) is 34.6. The van der Waals surface area contributed by atoms with Gasteiger partial charge >= 0.3 is 5.97 Å². The molecule has 0 heterocycles. The van der Waals surface area contributed by atoms with E-state index in [4.69, 9.17) is 15.2 Å². The number of halogens is 1. The first kappa shape index (κ1) is 18.5.